The summed E-state index contributed by atoms with van der Waals surface area (Å²) in [6, 6.07) is 103. The number of hydrogen-bond acceptors (Lipinski definition) is 5. The van der Waals surface area contributed by atoms with E-state index in [1.54, 1.807) is 0 Å². The van der Waals surface area contributed by atoms with E-state index in [1.807, 2.05) is 48.5 Å². The largest absolute Gasteiger partial charge is 0.436 e. The second-order valence-electron chi connectivity index (χ2n) is 20.2. The third-order valence-corrected chi connectivity index (χ3v) is 15.3. The first kappa shape index (κ1) is 46.5. The van der Waals surface area contributed by atoms with Gasteiger partial charge < -0.3 is 18.3 Å². The molecule has 6 heteroatoms. The first-order valence-corrected chi connectivity index (χ1v) is 26.9. The van der Waals surface area contributed by atoms with Gasteiger partial charge in [0.15, 0.2) is 11.2 Å². The molecule has 15 aromatic rings. The highest BCUT2D eigenvalue weighted by molar-refractivity contribution is 6.10. The minimum absolute atomic E-state index is 0.629. The molecule has 0 bridgehead atoms. The van der Waals surface area contributed by atoms with Crippen LogP contribution in [0.2, 0.25) is 0 Å². The Morgan fingerprint density at radius 1 is 0.263 bits per heavy atom. The summed E-state index contributed by atoms with van der Waals surface area (Å²) in [6.07, 6.45) is 0. The van der Waals surface area contributed by atoms with E-state index in [4.69, 9.17) is 8.83 Å². The van der Waals surface area contributed by atoms with Gasteiger partial charge in [-0.15, -0.1) is 0 Å². The van der Waals surface area contributed by atoms with Crippen molar-refractivity contribution < 1.29 is 8.83 Å². The standard InChI is InChI=1S/C74H48N4O2/c1-2-12-61(13-3-1)77(62-42-37-55(38-43-62)51-25-21-49(22-26-51)53-29-33-57(34-30-53)73-75-67-16-5-8-19-71(67)79-73)64-14-10-11-59(47-64)60-41-46-66-65-15-4-7-18-69(65)78(70(66)48-60)63-44-39-56(40-45-63)52-27-23-50(24-28-52)54-31-35-58(36-32-54)74-76-68-17-6-9-20-72(68)80-74/h1-48H. The van der Waals surface area contributed by atoms with Crippen molar-refractivity contribution in [2.45, 2.75) is 0 Å². The first-order valence-electron chi connectivity index (χ1n) is 26.9. The van der Waals surface area contributed by atoms with Crippen LogP contribution >= 0.6 is 0 Å². The maximum absolute atomic E-state index is 6.01. The van der Waals surface area contributed by atoms with Crippen LogP contribution in [-0.2, 0) is 0 Å². The van der Waals surface area contributed by atoms with Crippen molar-refractivity contribution in [3.63, 3.8) is 0 Å². The number of anilines is 3. The van der Waals surface area contributed by atoms with Gasteiger partial charge in [-0.1, -0.05) is 182 Å². The van der Waals surface area contributed by atoms with Crippen LogP contribution in [0.25, 0.3) is 128 Å². The lowest BCUT2D eigenvalue weighted by Crippen LogP contribution is -2.09. The highest BCUT2D eigenvalue weighted by Gasteiger charge is 2.18. The van der Waals surface area contributed by atoms with E-state index in [0.29, 0.717) is 11.8 Å². The predicted molar refractivity (Wildman–Crippen MR) is 329 cm³/mol. The average molecular weight is 1030 g/mol. The van der Waals surface area contributed by atoms with Crippen LogP contribution in [0.5, 0.6) is 0 Å². The molecule has 15 rings (SSSR count). The van der Waals surface area contributed by atoms with Gasteiger partial charge in [-0.05, 0) is 165 Å². The predicted octanol–water partition coefficient (Wildman–Crippen LogP) is 20.2. The number of benzene rings is 12. The third-order valence-electron chi connectivity index (χ3n) is 15.3. The fourth-order valence-electron chi connectivity index (χ4n) is 11.2. The van der Waals surface area contributed by atoms with Gasteiger partial charge in [-0.3, -0.25) is 0 Å². The summed E-state index contributed by atoms with van der Waals surface area (Å²) in [6.45, 7) is 0. The Morgan fingerprint density at radius 3 is 1.18 bits per heavy atom. The average Bonchev–Trinajstić information content (AvgIpc) is 4.27. The molecule has 3 aromatic heterocycles. The molecule has 80 heavy (non-hydrogen) atoms. The first-order chi connectivity index (χ1) is 39.6. The fourth-order valence-corrected chi connectivity index (χ4v) is 11.2. The molecule has 3 heterocycles. The molecule has 376 valence electrons. The van der Waals surface area contributed by atoms with Gasteiger partial charge >= 0.3 is 0 Å². The van der Waals surface area contributed by atoms with Crippen LogP contribution in [0.15, 0.2) is 300 Å². The van der Waals surface area contributed by atoms with Gasteiger partial charge in [0, 0.05) is 44.6 Å². The van der Waals surface area contributed by atoms with E-state index in [1.165, 1.54) is 16.3 Å². The van der Waals surface area contributed by atoms with Crippen molar-refractivity contribution in [3.8, 4) is 84.2 Å². The number of oxazole rings is 2. The molecule has 0 radical (unpaired) electrons. The maximum atomic E-state index is 6.01. The topological polar surface area (TPSA) is 60.2 Å². The Morgan fingerprint density at radius 2 is 0.650 bits per heavy atom. The number of nitrogens with zero attached hydrogens (tertiary/aromatic N) is 4. The summed E-state index contributed by atoms with van der Waals surface area (Å²) in [4.78, 5) is 11.7. The molecule has 0 saturated carbocycles. The molecule has 0 N–H and O–H groups in total. The van der Waals surface area contributed by atoms with E-state index in [2.05, 4.69) is 262 Å². The summed E-state index contributed by atoms with van der Waals surface area (Å²) < 4.78 is 14.4. The SMILES string of the molecule is c1ccc(N(c2ccc(-c3ccc(-c4ccc(-c5nc6ccccc6o5)cc4)cc3)cc2)c2cccc(-c3ccc4c5ccccc5n(-c5ccc(-c6ccc(-c7ccc(-c8nc9ccccc9o8)cc7)cc6)cc5)c4c3)c2)cc1. The molecule has 0 aliphatic carbocycles. The summed E-state index contributed by atoms with van der Waals surface area (Å²) in [5, 5.41) is 2.44. The Hall–Kier alpha value is -10.8. The Kier molecular flexibility index (Phi) is 11.4. The van der Waals surface area contributed by atoms with E-state index in [0.717, 1.165) is 117 Å². The summed E-state index contributed by atoms with van der Waals surface area (Å²) in [5.41, 5.74) is 23.4. The molecule has 0 fully saturated rings. The van der Waals surface area contributed by atoms with E-state index in [9.17, 15) is 0 Å². The summed E-state index contributed by atoms with van der Waals surface area (Å²) >= 11 is 0. The van der Waals surface area contributed by atoms with Crippen molar-refractivity contribution in [1.29, 1.82) is 0 Å². The number of aromatic nitrogens is 3. The molecule has 0 spiro atoms. The Balaban J connectivity index is 0.688. The molecule has 0 unspecified atom stereocenters. The zero-order valence-electron chi connectivity index (χ0n) is 43.3. The van der Waals surface area contributed by atoms with Gasteiger partial charge in [-0.25, -0.2) is 9.97 Å². The molecule has 0 atom stereocenters. The number of fused-ring (bicyclic) bond motifs is 5. The fraction of sp³-hybridized carbons (Fsp3) is 0. The molecule has 12 aromatic carbocycles. The van der Waals surface area contributed by atoms with Crippen LogP contribution in [0.1, 0.15) is 0 Å². The minimum atomic E-state index is 0.629. The van der Waals surface area contributed by atoms with Crippen LogP contribution in [-0.4, -0.2) is 14.5 Å². The van der Waals surface area contributed by atoms with Crippen LogP contribution < -0.4 is 4.90 Å². The zero-order valence-corrected chi connectivity index (χ0v) is 43.3. The second-order valence-corrected chi connectivity index (χ2v) is 20.2. The van der Waals surface area contributed by atoms with Gasteiger partial charge in [0.2, 0.25) is 11.8 Å². The van der Waals surface area contributed by atoms with E-state index >= 15 is 0 Å². The van der Waals surface area contributed by atoms with Gasteiger partial charge in [0.05, 0.1) is 11.0 Å². The Labute approximate surface area is 462 Å². The maximum Gasteiger partial charge on any atom is 0.227 e. The van der Waals surface area contributed by atoms with Crippen molar-refractivity contribution >= 4 is 61.1 Å². The summed E-state index contributed by atoms with van der Waals surface area (Å²) in [5.74, 6) is 1.26. The highest BCUT2D eigenvalue weighted by atomic mass is 16.4. The van der Waals surface area contributed by atoms with Crippen LogP contribution in [0, 0.1) is 0 Å². The normalized spacial score (nSPS) is 11.5. The molecule has 0 amide bonds. The van der Waals surface area contributed by atoms with Gasteiger partial charge in [0.25, 0.3) is 0 Å². The van der Waals surface area contributed by atoms with Crippen LogP contribution in [0.4, 0.5) is 17.1 Å². The smallest absolute Gasteiger partial charge is 0.227 e. The molecule has 0 saturated heterocycles. The monoisotopic (exact) mass is 1020 g/mol. The van der Waals surface area contributed by atoms with Crippen LogP contribution in [0.3, 0.4) is 0 Å². The number of hydrogen-bond donors (Lipinski definition) is 0. The van der Waals surface area contributed by atoms with Crippen molar-refractivity contribution in [2.75, 3.05) is 4.90 Å². The molecular formula is C74H48N4O2. The number of para-hydroxylation sites is 6. The lowest BCUT2D eigenvalue weighted by molar-refractivity contribution is 0.619. The number of rotatable bonds is 11. The molecule has 0 aliphatic heterocycles. The van der Waals surface area contributed by atoms with E-state index in [-0.39, 0.29) is 0 Å². The van der Waals surface area contributed by atoms with Crippen molar-refractivity contribution in [1.82, 2.24) is 14.5 Å². The molecular weight excluding hydrogens is 977 g/mol. The third kappa shape index (κ3) is 8.58. The highest BCUT2D eigenvalue weighted by Crippen LogP contribution is 2.41. The quantitative estimate of drug-likeness (QED) is 0.129. The molecule has 0 aliphatic rings. The minimum Gasteiger partial charge on any atom is -0.436 e. The van der Waals surface area contributed by atoms with Crippen molar-refractivity contribution in [3.05, 3.63) is 291 Å². The van der Waals surface area contributed by atoms with Crippen molar-refractivity contribution in [2.24, 2.45) is 0 Å². The lowest BCUT2D eigenvalue weighted by atomic mass is 9.99. The second kappa shape index (κ2) is 19.6. The molecule has 6 nitrogen and oxygen atoms in total. The zero-order chi connectivity index (χ0) is 52.9. The summed E-state index contributed by atoms with van der Waals surface area (Å²) in [7, 11) is 0. The van der Waals surface area contributed by atoms with Gasteiger partial charge in [0.1, 0.15) is 11.0 Å². The van der Waals surface area contributed by atoms with E-state index < -0.39 is 0 Å². The lowest BCUT2D eigenvalue weighted by Gasteiger charge is -2.26. The van der Waals surface area contributed by atoms with Gasteiger partial charge in [-0.2, -0.15) is 0 Å². The Bertz CT molecular complexity index is 4640.